The van der Waals surface area contributed by atoms with Gasteiger partial charge in [-0.1, -0.05) is 52.8 Å². The van der Waals surface area contributed by atoms with Gasteiger partial charge < -0.3 is 5.32 Å². The molecule has 0 fully saturated rings. The minimum absolute atomic E-state index is 0.0868. The molecule has 0 amide bonds. The normalized spacial score (nSPS) is 13.9. The first-order valence-corrected chi connectivity index (χ1v) is 6.77. The standard InChI is InChI=1S/C16H26FN/c1-12(2)18-11-14(16(3,4)5)10-13-8-6-7-9-15(13)17/h6-9,12,14,18H,10-11H2,1-5H3. The van der Waals surface area contributed by atoms with E-state index in [1.165, 1.54) is 0 Å². The number of benzene rings is 1. The van der Waals surface area contributed by atoms with Crippen molar-refractivity contribution in [1.82, 2.24) is 5.32 Å². The first-order chi connectivity index (χ1) is 8.30. The Balaban J connectivity index is 2.76. The number of hydrogen-bond donors (Lipinski definition) is 1. The second-order valence-electron chi connectivity index (χ2n) is 6.42. The Kier molecular flexibility index (Phi) is 5.33. The second kappa shape index (κ2) is 6.33. The Hall–Kier alpha value is -0.890. The molecule has 0 saturated heterocycles. The maximum Gasteiger partial charge on any atom is 0.126 e. The van der Waals surface area contributed by atoms with Crippen LogP contribution in [0.4, 0.5) is 4.39 Å². The Morgan fingerprint density at radius 1 is 1.17 bits per heavy atom. The number of rotatable bonds is 5. The average Bonchev–Trinajstić information content (AvgIpc) is 2.24. The number of nitrogens with one attached hydrogen (secondary N) is 1. The molecular formula is C16H26FN. The van der Waals surface area contributed by atoms with Gasteiger partial charge in [-0.05, 0) is 35.9 Å². The number of hydrogen-bond acceptors (Lipinski definition) is 1. The summed E-state index contributed by atoms with van der Waals surface area (Å²) in [5.41, 5.74) is 0.993. The van der Waals surface area contributed by atoms with E-state index in [1.54, 1.807) is 12.1 Å². The monoisotopic (exact) mass is 251 g/mol. The number of halogens is 1. The van der Waals surface area contributed by atoms with Crippen LogP contribution in [0.5, 0.6) is 0 Å². The van der Waals surface area contributed by atoms with Gasteiger partial charge in [0.05, 0.1) is 0 Å². The molecule has 0 aliphatic carbocycles. The molecule has 0 bridgehead atoms. The molecule has 0 heterocycles. The van der Waals surface area contributed by atoms with Crippen LogP contribution in [-0.2, 0) is 6.42 Å². The predicted octanol–water partition coefficient (Wildman–Crippen LogP) is 4.03. The predicted molar refractivity (Wildman–Crippen MR) is 76.2 cm³/mol. The van der Waals surface area contributed by atoms with Crippen molar-refractivity contribution in [3.63, 3.8) is 0 Å². The van der Waals surface area contributed by atoms with E-state index in [4.69, 9.17) is 0 Å². The van der Waals surface area contributed by atoms with Gasteiger partial charge in [-0.25, -0.2) is 4.39 Å². The lowest BCUT2D eigenvalue weighted by atomic mass is 9.77. The van der Waals surface area contributed by atoms with E-state index in [0.717, 1.165) is 18.5 Å². The van der Waals surface area contributed by atoms with Crippen LogP contribution in [0.25, 0.3) is 0 Å². The minimum Gasteiger partial charge on any atom is -0.314 e. The van der Waals surface area contributed by atoms with Crippen molar-refractivity contribution in [2.24, 2.45) is 11.3 Å². The Bertz CT molecular complexity index is 366. The molecule has 1 unspecified atom stereocenters. The van der Waals surface area contributed by atoms with Crippen molar-refractivity contribution in [1.29, 1.82) is 0 Å². The molecule has 18 heavy (non-hydrogen) atoms. The first-order valence-electron chi connectivity index (χ1n) is 6.77. The summed E-state index contributed by atoms with van der Waals surface area (Å²) in [6.07, 6.45) is 0.788. The Morgan fingerprint density at radius 2 is 1.78 bits per heavy atom. The highest BCUT2D eigenvalue weighted by Crippen LogP contribution is 2.29. The van der Waals surface area contributed by atoms with Crippen LogP contribution >= 0.6 is 0 Å². The molecule has 0 aromatic heterocycles. The lowest BCUT2D eigenvalue weighted by Gasteiger charge is -2.32. The Labute approximate surface area is 111 Å². The molecule has 1 aromatic carbocycles. The van der Waals surface area contributed by atoms with Crippen molar-refractivity contribution in [3.05, 3.63) is 35.6 Å². The summed E-state index contributed by atoms with van der Waals surface area (Å²) in [5, 5.41) is 3.47. The third-order valence-corrected chi connectivity index (χ3v) is 3.42. The zero-order valence-corrected chi connectivity index (χ0v) is 12.3. The third kappa shape index (κ3) is 4.77. The maximum absolute atomic E-state index is 13.7. The van der Waals surface area contributed by atoms with Gasteiger partial charge in [-0.2, -0.15) is 0 Å². The van der Waals surface area contributed by atoms with Crippen molar-refractivity contribution in [3.8, 4) is 0 Å². The van der Waals surface area contributed by atoms with Crippen molar-refractivity contribution in [2.45, 2.75) is 47.1 Å². The van der Waals surface area contributed by atoms with Gasteiger partial charge in [-0.3, -0.25) is 0 Å². The topological polar surface area (TPSA) is 12.0 Å². The molecule has 1 N–H and O–H groups in total. The van der Waals surface area contributed by atoms with Gasteiger partial charge in [-0.15, -0.1) is 0 Å². The van der Waals surface area contributed by atoms with E-state index in [2.05, 4.69) is 39.9 Å². The van der Waals surface area contributed by atoms with Crippen LogP contribution in [0.2, 0.25) is 0 Å². The molecule has 0 aliphatic heterocycles. The quantitative estimate of drug-likeness (QED) is 0.833. The molecule has 0 radical (unpaired) electrons. The van der Waals surface area contributed by atoms with Gasteiger partial charge in [0.2, 0.25) is 0 Å². The molecule has 0 aliphatic rings. The average molecular weight is 251 g/mol. The van der Waals surface area contributed by atoms with Gasteiger partial charge in [0, 0.05) is 6.04 Å². The van der Waals surface area contributed by atoms with Crippen molar-refractivity contribution < 1.29 is 4.39 Å². The fourth-order valence-electron chi connectivity index (χ4n) is 1.99. The summed E-state index contributed by atoms with van der Waals surface area (Å²) in [6, 6.07) is 7.56. The molecule has 1 nitrogen and oxygen atoms in total. The van der Waals surface area contributed by atoms with E-state index in [-0.39, 0.29) is 11.2 Å². The SMILES string of the molecule is CC(C)NCC(Cc1ccccc1F)C(C)(C)C. The van der Waals surface area contributed by atoms with Crippen LogP contribution in [0, 0.1) is 17.2 Å². The molecule has 102 valence electrons. The molecule has 1 atom stereocenters. The molecule has 1 aromatic rings. The minimum atomic E-state index is -0.0868. The van der Waals surface area contributed by atoms with Crippen LogP contribution in [0.15, 0.2) is 24.3 Å². The van der Waals surface area contributed by atoms with Gasteiger partial charge >= 0.3 is 0 Å². The highest BCUT2D eigenvalue weighted by Gasteiger charge is 2.25. The summed E-state index contributed by atoms with van der Waals surface area (Å²) in [5.74, 6) is 0.341. The van der Waals surface area contributed by atoms with Crippen LogP contribution < -0.4 is 5.32 Å². The molecular weight excluding hydrogens is 225 g/mol. The van der Waals surface area contributed by atoms with Gasteiger partial charge in [0.25, 0.3) is 0 Å². The fourth-order valence-corrected chi connectivity index (χ4v) is 1.99. The lowest BCUT2D eigenvalue weighted by Crippen LogP contribution is -2.36. The zero-order chi connectivity index (χ0) is 13.8. The molecule has 0 spiro atoms. The summed E-state index contributed by atoms with van der Waals surface area (Å²) < 4.78 is 13.7. The second-order valence-corrected chi connectivity index (χ2v) is 6.42. The molecule has 2 heteroatoms. The highest BCUT2D eigenvalue weighted by molar-refractivity contribution is 5.18. The largest absolute Gasteiger partial charge is 0.314 e. The Morgan fingerprint density at radius 3 is 2.28 bits per heavy atom. The summed E-state index contributed by atoms with van der Waals surface area (Å²) in [6.45, 7) is 11.9. The van der Waals surface area contributed by atoms with E-state index in [0.29, 0.717) is 12.0 Å². The fraction of sp³-hybridized carbons (Fsp3) is 0.625. The molecule has 0 saturated carbocycles. The maximum atomic E-state index is 13.7. The summed E-state index contributed by atoms with van der Waals surface area (Å²) in [7, 11) is 0. The van der Waals surface area contributed by atoms with E-state index < -0.39 is 0 Å². The smallest absolute Gasteiger partial charge is 0.126 e. The summed E-state index contributed by atoms with van der Waals surface area (Å²) >= 11 is 0. The van der Waals surface area contributed by atoms with Crippen molar-refractivity contribution in [2.75, 3.05) is 6.54 Å². The summed E-state index contributed by atoms with van der Waals surface area (Å²) in [4.78, 5) is 0. The van der Waals surface area contributed by atoms with E-state index >= 15 is 0 Å². The van der Waals surface area contributed by atoms with Crippen LogP contribution in [-0.4, -0.2) is 12.6 Å². The lowest BCUT2D eigenvalue weighted by molar-refractivity contribution is 0.225. The van der Waals surface area contributed by atoms with E-state index in [9.17, 15) is 4.39 Å². The zero-order valence-electron chi connectivity index (χ0n) is 12.3. The van der Waals surface area contributed by atoms with Crippen LogP contribution in [0.3, 0.4) is 0 Å². The van der Waals surface area contributed by atoms with Gasteiger partial charge in [0.15, 0.2) is 0 Å². The highest BCUT2D eigenvalue weighted by atomic mass is 19.1. The third-order valence-electron chi connectivity index (χ3n) is 3.42. The van der Waals surface area contributed by atoms with Gasteiger partial charge in [0.1, 0.15) is 5.82 Å². The molecule has 1 rings (SSSR count). The van der Waals surface area contributed by atoms with E-state index in [1.807, 2.05) is 12.1 Å². The van der Waals surface area contributed by atoms with Crippen LogP contribution in [0.1, 0.15) is 40.2 Å². The van der Waals surface area contributed by atoms with Crippen molar-refractivity contribution >= 4 is 0 Å². The first kappa shape index (κ1) is 15.2.